The van der Waals surface area contributed by atoms with Crippen LogP contribution in [-0.2, 0) is 6.61 Å². The minimum Gasteiger partial charge on any atom is -0.488 e. The van der Waals surface area contributed by atoms with E-state index in [1.54, 1.807) is 12.3 Å². The van der Waals surface area contributed by atoms with Gasteiger partial charge in [-0.05, 0) is 28.1 Å². The molecule has 0 unspecified atom stereocenters. The number of nitrogens with one attached hydrogen (secondary N) is 1. The van der Waals surface area contributed by atoms with Crippen LogP contribution in [0.15, 0.2) is 34.9 Å². The standard InChI is InChI=1S/C12H10BrClFN3O/c13-8-3-9(14)10(15)4-11(8)19-6-7-1-2-12(18-16)17-5-7/h1-5H,6,16H2,(H,17,18). The molecule has 0 amide bonds. The first-order valence-electron chi connectivity index (χ1n) is 5.29. The molecule has 0 fully saturated rings. The Bertz CT molecular complexity index is 580. The second kappa shape index (κ2) is 6.18. The molecule has 7 heteroatoms. The third kappa shape index (κ3) is 3.56. The average molecular weight is 347 g/mol. The number of pyridine rings is 1. The lowest BCUT2D eigenvalue weighted by atomic mass is 10.3. The van der Waals surface area contributed by atoms with E-state index in [0.29, 0.717) is 16.0 Å². The van der Waals surface area contributed by atoms with Crippen LogP contribution < -0.4 is 16.0 Å². The van der Waals surface area contributed by atoms with E-state index in [1.165, 1.54) is 12.1 Å². The van der Waals surface area contributed by atoms with Crippen molar-refractivity contribution in [3.8, 4) is 5.75 Å². The molecule has 19 heavy (non-hydrogen) atoms. The monoisotopic (exact) mass is 345 g/mol. The molecule has 0 radical (unpaired) electrons. The van der Waals surface area contributed by atoms with Crippen LogP contribution in [0.2, 0.25) is 5.02 Å². The summed E-state index contributed by atoms with van der Waals surface area (Å²) in [6, 6.07) is 6.21. The lowest BCUT2D eigenvalue weighted by Gasteiger charge is -2.09. The highest BCUT2D eigenvalue weighted by Crippen LogP contribution is 2.31. The van der Waals surface area contributed by atoms with E-state index in [2.05, 4.69) is 26.3 Å². The number of halogens is 3. The summed E-state index contributed by atoms with van der Waals surface area (Å²) in [5.41, 5.74) is 3.26. The van der Waals surface area contributed by atoms with Crippen molar-refractivity contribution in [2.24, 2.45) is 5.84 Å². The Morgan fingerprint density at radius 1 is 1.42 bits per heavy atom. The van der Waals surface area contributed by atoms with Crippen molar-refractivity contribution < 1.29 is 9.13 Å². The summed E-state index contributed by atoms with van der Waals surface area (Å²) >= 11 is 8.91. The fraction of sp³-hybridized carbons (Fsp3) is 0.0833. The van der Waals surface area contributed by atoms with E-state index in [0.717, 1.165) is 5.56 Å². The third-order valence-corrected chi connectivity index (χ3v) is 3.25. The molecule has 0 aliphatic rings. The molecular formula is C12H10BrClFN3O. The third-order valence-electron chi connectivity index (χ3n) is 2.34. The van der Waals surface area contributed by atoms with Crippen LogP contribution >= 0.6 is 27.5 Å². The molecular weight excluding hydrogens is 337 g/mol. The van der Waals surface area contributed by atoms with Gasteiger partial charge in [-0.2, -0.15) is 0 Å². The second-order valence-corrected chi connectivity index (χ2v) is 4.94. The first-order chi connectivity index (χ1) is 9.10. The predicted molar refractivity (Wildman–Crippen MR) is 75.5 cm³/mol. The number of benzene rings is 1. The molecule has 0 saturated carbocycles. The minimum absolute atomic E-state index is 0.0410. The van der Waals surface area contributed by atoms with Gasteiger partial charge in [-0.3, -0.25) is 0 Å². The predicted octanol–water partition coefficient (Wildman–Crippen LogP) is 3.50. The molecule has 4 nitrogen and oxygen atoms in total. The van der Waals surface area contributed by atoms with Crippen LogP contribution in [0.5, 0.6) is 5.75 Å². The maximum Gasteiger partial charge on any atom is 0.145 e. The average Bonchev–Trinajstić information content (AvgIpc) is 2.42. The summed E-state index contributed by atoms with van der Waals surface area (Å²) in [5.74, 6) is 5.62. The Labute approximate surface area is 122 Å². The quantitative estimate of drug-likeness (QED) is 0.505. The molecule has 1 aromatic carbocycles. The van der Waals surface area contributed by atoms with Crippen LogP contribution in [-0.4, -0.2) is 4.98 Å². The van der Waals surface area contributed by atoms with E-state index in [4.69, 9.17) is 22.2 Å². The zero-order valence-electron chi connectivity index (χ0n) is 9.66. The van der Waals surface area contributed by atoms with Gasteiger partial charge in [-0.25, -0.2) is 15.2 Å². The van der Waals surface area contributed by atoms with Gasteiger partial charge in [0.15, 0.2) is 0 Å². The van der Waals surface area contributed by atoms with Crippen molar-refractivity contribution in [3.05, 3.63) is 51.3 Å². The molecule has 1 heterocycles. The number of hydrogen-bond acceptors (Lipinski definition) is 4. The zero-order valence-corrected chi connectivity index (χ0v) is 12.0. The fourth-order valence-electron chi connectivity index (χ4n) is 1.37. The molecule has 2 rings (SSSR count). The van der Waals surface area contributed by atoms with Gasteiger partial charge in [-0.15, -0.1) is 0 Å². The summed E-state index contributed by atoms with van der Waals surface area (Å²) in [7, 11) is 0. The largest absolute Gasteiger partial charge is 0.488 e. The molecule has 0 aliphatic heterocycles. The van der Waals surface area contributed by atoms with Gasteiger partial charge >= 0.3 is 0 Å². The first-order valence-corrected chi connectivity index (χ1v) is 6.46. The van der Waals surface area contributed by atoms with Crippen molar-refractivity contribution in [2.75, 3.05) is 5.43 Å². The van der Waals surface area contributed by atoms with Gasteiger partial charge < -0.3 is 10.2 Å². The normalized spacial score (nSPS) is 10.3. The van der Waals surface area contributed by atoms with Gasteiger partial charge in [0.2, 0.25) is 0 Å². The van der Waals surface area contributed by atoms with Crippen LogP contribution in [0, 0.1) is 5.82 Å². The van der Waals surface area contributed by atoms with Gasteiger partial charge in [0.1, 0.15) is 24.0 Å². The van der Waals surface area contributed by atoms with Crippen molar-refractivity contribution in [1.29, 1.82) is 0 Å². The molecule has 0 spiro atoms. The Morgan fingerprint density at radius 3 is 2.84 bits per heavy atom. The summed E-state index contributed by atoms with van der Waals surface area (Å²) in [4.78, 5) is 4.04. The van der Waals surface area contributed by atoms with Crippen LogP contribution in [0.3, 0.4) is 0 Å². The summed E-state index contributed by atoms with van der Waals surface area (Å²) < 4.78 is 19.4. The van der Waals surface area contributed by atoms with Gasteiger partial charge in [0.05, 0.1) is 9.50 Å². The first kappa shape index (κ1) is 14.0. The molecule has 100 valence electrons. The molecule has 1 aromatic heterocycles. The fourth-order valence-corrected chi connectivity index (χ4v) is 2.12. The molecule has 2 aromatic rings. The van der Waals surface area contributed by atoms with Crippen LogP contribution in [0.25, 0.3) is 0 Å². The highest BCUT2D eigenvalue weighted by Gasteiger charge is 2.08. The maximum atomic E-state index is 13.3. The van der Waals surface area contributed by atoms with Crippen molar-refractivity contribution in [2.45, 2.75) is 6.61 Å². The molecule has 3 N–H and O–H groups in total. The Morgan fingerprint density at radius 2 is 2.21 bits per heavy atom. The van der Waals surface area contributed by atoms with Crippen LogP contribution in [0.1, 0.15) is 5.56 Å². The number of hydrazine groups is 1. The lowest BCUT2D eigenvalue weighted by Crippen LogP contribution is -2.08. The van der Waals surface area contributed by atoms with Crippen molar-refractivity contribution >= 4 is 33.3 Å². The lowest BCUT2D eigenvalue weighted by molar-refractivity contribution is 0.302. The number of nitrogens with two attached hydrogens (primary N) is 1. The van der Waals surface area contributed by atoms with Gasteiger partial charge in [-0.1, -0.05) is 17.7 Å². The van der Waals surface area contributed by atoms with Crippen molar-refractivity contribution in [1.82, 2.24) is 4.98 Å². The number of ether oxygens (including phenoxy) is 1. The smallest absolute Gasteiger partial charge is 0.145 e. The summed E-state index contributed by atoms with van der Waals surface area (Å²) in [6.45, 7) is 0.261. The van der Waals surface area contributed by atoms with E-state index in [9.17, 15) is 4.39 Å². The Balaban J connectivity index is 2.07. The highest BCUT2D eigenvalue weighted by molar-refractivity contribution is 9.10. The minimum atomic E-state index is -0.527. The van der Waals surface area contributed by atoms with Crippen LogP contribution in [0.4, 0.5) is 10.2 Å². The van der Waals surface area contributed by atoms with E-state index in [1.807, 2.05) is 6.07 Å². The highest BCUT2D eigenvalue weighted by atomic mass is 79.9. The Hall–Kier alpha value is -1.37. The summed E-state index contributed by atoms with van der Waals surface area (Å²) in [5, 5.41) is 0.0410. The molecule has 0 bridgehead atoms. The number of aromatic nitrogens is 1. The van der Waals surface area contributed by atoms with E-state index < -0.39 is 5.82 Å². The molecule has 0 aliphatic carbocycles. The maximum absolute atomic E-state index is 13.3. The summed E-state index contributed by atoms with van der Waals surface area (Å²) in [6.07, 6.45) is 1.62. The number of rotatable bonds is 4. The number of nitrogens with zero attached hydrogens (tertiary/aromatic N) is 1. The number of nitrogen functional groups attached to an aromatic ring is 1. The second-order valence-electron chi connectivity index (χ2n) is 3.68. The zero-order chi connectivity index (χ0) is 13.8. The van der Waals surface area contributed by atoms with E-state index >= 15 is 0 Å². The molecule has 0 saturated heterocycles. The van der Waals surface area contributed by atoms with Crippen molar-refractivity contribution in [3.63, 3.8) is 0 Å². The van der Waals surface area contributed by atoms with E-state index in [-0.39, 0.29) is 11.6 Å². The number of anilines is 1. The van der Waals surface area contributed by atoms with Gasteiger partial charge in [0.25, 0.3) is 0 Å². The van der Waals surface area contributed by atoms with Gasteiger partial charge in [0, 0.05) is 17.8 Å². The topological polar surface area (TPSA) is 60.2 Å². The SMILES string of the molecule is NNc1ccc(COc2cc(F)c(Cl)cc2Br)cn1. The number of hydrogen-bond donors (Lipinski definition) is 2. The Kier molecular flexibility index (Phi) is 4.57. The molecule has 0 atom stereocenters.